The number of esters is 1. The maximum Gasteiger partial charge on any atom is 0.308 e. The summed E-state index contributed by atoms with van der Waals surface area (Å²) in [4.78, 5) is 17.7. The van der Waals surface area contributed by atoms with Crippen LogP contribution >= 0.6 is 0 Å². The monoisotopic (exact) mass is 482 g/mol. The zero-order valence-electron chi connectivity index (χ0n) is 21.5. The summed E-state index contributed by atoms with van der Waals surface area (Å²) < 4.78 is 10.7. The molecule has 35 heavy (non-hydrogen) atoms. The Bertz CT molecular complexity index is 1030. The second kappa shape index (κ2) is 13.2. The maximum absolute atomic E-state index is 11.4. The number of methoxy groups -OCH3 is 1. The van der Waals surface area contributed by atoms with Gasteiger partial charge in [0.25, 0.3) is 5.54 Å². The van der Waals surface area contributed by atoms with Crippen LogP contribution in [0.2, 0.25) is 0 Å². The van der Waals surface area contributed by atoms with Gasteiger partial charge in [0.15, 0.2) is 11.5 Å². The van der Waals surface area contributed by atoms with Crippen molar-refractivity contribution in [3.63, 3.8) is 0 Å². The molecule has 0 heterocycles. The number of nitrogens with zero attached hydrogens (tertiary/aromatic N) is 2. The van der Waals surface area contributed by atoms with E-state index in [2.05, 4.69) is 30.6 Å². The van der Waals surface area contributed by atoms with Gasteiger partial charge in [-0.05, 0) is 61.3 Å². The smallest absolute Gasteiger partial charge is 0.308 e. The Labute approximate surface area is 209 Å². The molecule has 0 aliphatic rings. The van der Waals surface area contributed by atoms with Gasteiger partial charge < -0.3 is 29.4 Å². The summed E-state index contributed by atoms with van der Waals surface area (Å²) in [6.07, 6.45) is 2.37. The molecule has 1 atom stereocenters. The zero-order valence-corrected chi connectivity index (χ0v) is 21.5. The molecule has 1 unspecified atom stereocenters. The average Bonchev–Trinajstić information content (AvgIpc) is 2.85. The molecule has 2 aromatic rings. The Morgan fingerprint density at radius 1 is 1.09 bits per heavy atom. The molecule has 7 heteroatoms. The van der Waals surface area contributed by atoms with Crippen LogP contribution in [0.4, 0.5) is 0 Å². The third kappa shape index (κ3) is 7.28. The van der Waals surface area contributed by atoms with E-state index in [1.807, 2.05) is 30.3 Å². The molecule has 0 aliphatic carbocycles. The van der Waals surface area contributed by atoms with Crippen LogP contribution in [0.25, 0.3) is 4.85 Å². The summed E-state index contributed by atoms with van der Waals surface area (Å²) in [5.74, 6) is 0.452. The van der Waals surface area contributed by atoms with Gasteiger partial charge in [0.05, 0.1) is 20.3 Å². The second-order valence-corrected chi connectivity index (χ2v) is 9.23. The van der Waals surface area contributed by atoms with Crippen LogP contribution in [-0.2, 0) is 30.0 Å². The van der Waals surface area contributed by atoms with E-state index in [0.717, 1.165) is 48.2 Å². The van der Waals surface area contributed by atoms with Crippen molar-refractivity contribution in [3.8, 4) is 11.5 Å². The highest BCUT2D eigenvalue weighted by Gasteiger charge is 2.42. The molecule has 190 valence electrons. The van der Waals surface area contributed by atoms with E-state index in [0.29, 0.717) is 17.9 Å². The third-order valence-corrected chi connectivity index (χ3v) is 6.56. The predicted octanol–water partition coefficient (Wildman–Crippen LogP) is 4.33. The van der Waals surface area contributed by atoms with Crippen molar-refractivity contribution in [2.75, 3.05) is 27.2 Å². The Morgan fingerprint density at radius 2 is 1.80 bits per heavy atom. The first-order valence-electron chi connectivity index (χ1n) is 12.0. The highest BCUT2D eigenvalue weighted by atomic mass is 16.6. The fourth-order valence-corrected chi connectivity index (χ4v) is 4.38. The van der Waals surface area contributed by atoms with Crippen LogP contribution < -0.4 is 9.47 Å². The van der Waals surface area contributed by atoms with Gasteiger partial charge in [0, 0.05) is 31.4 Å². The molecule has 0 fully saturated rings. The van der Waals surface area contributed by atoms with Crippen LogP contribution in [0.5, 0.6) is 11.5 Å². The van der Waals surface area contributed by atoms with Gasteiger partial charge in [-0.25, -0.2) is 6.57 Å². The van der Waals surface area contributed by atoms with Crippen molar-refractivity contribution < 1.29 is 24.5 Å². The van der Waals surface area contributed by atoms with Gasteiger partial charge in [0.1, 0.15) is 0 Å². The summed E-state index contributed by atoms with van der Waals surface area (Å²) in [7, 11) is 3.59. The third-order valence-electron chi connectivity index (χ3n) is 6.56. The lowest BCUT2D eigenvalue weighted by Gasteiger charge is -2.28. The molecular formula is C28H38N2O5. The van der Waals surface area contributed by atoms with Gasteiger partial charge >= 0.3 is 5.97 Å². The van der Waals surface area contributed by atoms with Crippen LogP contribution in [0, 0.1) is 12.5 Å². The average molecular weight is 483 g/mol. The summed E-state index contributed by atoms with van der Waals surface area (Å²) in [5, 5.41) is 18.9. The van der Waals surface area contributed by atoms with Crippen LogP contribution in [0.3, 0.4) is 0 Å². The highest BCUT2D eigenvalue weighted by Crippen LogP contribution is 2.42. The molecule has 0 saturated heterocycles. The highest BCUT2D eigenvalue weighted by molar-refractivity contribution is 5.70. The van der Waals surface area contributed by atoms with E-state index in [-0.39, 0.29) is 19.1 Å². The first-order valence-corrected chi connectivity index (χ1v) is 12.0. The molecule has 0 amide bonds. The molecule has 0 bridgehead atoms. The Morgan fingerprint density at radius 3 is 2.37 bits per heavy atom. The number of aliphatic hydroxyl groups excluding tert-OH is 2. The molecule has 2 rings (SSSR count). The molecular weight excluding hydrogens is 444 g/mol. The summed E-state index contributed by atoms with van der Waals surface area (Å²) in [6.45, 7) is 15.1. The second-order valence-electron chi connectivity index (χ2n) is 9.23. The SMILES string of the molecule is [C-]#[N+]C(CCCN(C)CCc1ccc(CO)c(CO)c1)(c1ccc(OC(C)=O)c(OC)c1)C(C)C. The van der Waals surface area contributed by atoms with Crippen molar-refractivity contribution in [1.29, 1.82) is 0 Å². The Balaban J connectivity index is 2.06. The normalized spacial score (nSPS) is 12.9. The molecule has 7 nitrogen and oxygen atoms in total. The largest absolute Gasteiger partial charge is 0.493 e. The zero-order chi connectivity index (χ0) is 26.0. The quantitative estimate of drug-likeness (QED) is 0.251. The van der Waals surface area contributed by atoms with E-state index in [1.165, 1.54) is 14.0 Å². The Hall–Kier alpha value is -2.92. The standard InChI is InChI=1S/C28H38N2O5/c1-20(2)28(29-4,25-10-11-26(35-21(3)33)27(17-25)34-6)13-7-14-30(5)15-12-22-8-9-23(18-31)24(16-22)19-32/h8-11,16-17,20,31-32H,7,12-15,18-19H2,1-3,5-6H3. The van der Waals surface area contributed by atoms with Crippen molar-refractivity contribution in [3.05, 3.63) is 70.1 Å². The number of hydrogen-bond donors (Lipinski definition) is 2. The van der Waals surface area contributed by atoms with Gasteiger partial charge in [-0.15, -0.1) is 0 Å². The van der Waals surface area contributed by atoms with E-state index >= 15 is 0 Å². The van der Waals surface area contributed by atoms with Crippen molar-refractivity contribution >= 4 is 5.97 Å². The lowest BCUT2D eigenvalue weighted by molar-refractivity contribution is -0.132. The molecule has 0 spiro atoms. The van der Waals surface area contributed by atoms with Crippen molar-refractivity contribution in [2.45, 2.75) is 58.8 Å². The minimum Gasteiger partial charge on any atom is -0.493 e. The maximum atomic E-state index is 11.4. The molecule has 0 aromatic heterocycles. The van der Waals surface area contributed by atoms with E-state index in [4.69, 9.17) is 16.0 Å². The van der Waals surface area contributed by atoms with Gasteiger partial charge in [-0.2, -0.15) is 0 Å². The molecule has 0 saturated carbocycles. The topological polar surface area (TPSA) is 83.6 Å². The number of hydrogen-bond acceptors (Lipinski definition) is 6. The van der Waals surface area contributed by atoms with Gasteiger partial charge in [0.2, 0.25) is 0 Å². The fourth-order valence-electron chi connectivity index (χ4n) is 4.38. The number of carbonyl (C=O) groups is 1. The van der Waals surface area contributed by atoms with Crippen molar-refractivity contribution in [2.24, 2.45) is 5.92 Å². The lowest BCUT2D eigenvalue weighted by Crippen LogP contribution is -2.31. The van der Waals surface area contributed by atoms with Gasteiger partial charge in [-0.3, -0.25) is 4.79 Å². The Kier molecular flexibility index (Phi) is 10.7. The number of likely N-dealkylation sites (N-methyl/N-ethyl adjacent to an activating group) is 1. The number of ether oxygens (including phenoxy) is 2. The van der Waals surface area contributed by atoms with E-state index in [1.54, 1.807) is 6.07 Å². The van der Waals surface area contributed by atoms with E-state index < -0.39 is 11.5 Å². The lowest BCUT2D eigenvalue weighted by atomic mass is 9.77. The first-order chi connectivity index (χ1) is 16.7. The number of aliphatic hydroxyl groups is 2. The minimum absolute atomic E-state index is 0.0763. The molecule has 2 N–H and O–H groups in total. The van der Waals surface area contributed by atoms with Crippen molar-refractivity contribution in [1.82, 2.24) is 4.90 Å². The molecule has 2 aromatic carbocycles. The van der Waals surface area contributed by atoms with E-state index in [9.17, 15) is 15.0 Å². The summed E-state index contributed by atoms with van der Waals surface area (Å²) in [5.41, 5.74) is 2.79. The van der Waals surface area contributed by atoms with Crippen LogP contribution in [0.1, 0.15) is 55.9 Å². The number of carbonyl (C=O) groups excluding carboxylic acids is 1. The number of benzene rings is 2. The summed E-state index contributed by atoms with van der Waals surface area (Å²) >= 11 is 0. The summed E-state index contributed by atoms with van der Waals surface area (Å²) in [6, 6.07) is 11.2. The van der Waals surface area contributed by atoms with Gasteiger partial charge in [-0.1, -0.05) is 32.0 Å². The number of rotatable bonds is 13. The van der Waals surface area contributed by atoms with Crippen LogP contribution in [-0.4, -0.2) is 48.3 Å². The fraction of sp³-hybridized carbons (Fsp3) is 0.500. The molecule has 0 aliphatic heterocycles. The predicted molar refractivity (Wildman–Crippen MR) is 136 cm³/mol. The van der Waals surface area contributed by atoms with Crippen LogP contribution in [0.15, 0.2) is 36.4 Å². The molecule has 0 radical (unpaired) electrons. The first kappa shape index (κ1) is 28.3. The minimum atomic E-state index is -0.709.